The molecule has 28 heavy (non-hydrogen) atoms. The van der Waals surface area contributed by atoms with Gasteiger partial charge in [-0.3, -0.25) is 9.88 Å². The second-order valence-electron chi connectivity index (χ2n) is 6.23. The molecule has 2 aromatic carbocycles. The number of carbonyl (C=O) groups is 1. The van der Waals surface area contributed by atoms with Gasteiger partial charge in [0.1, 0.15) is 11.6 Å². The van der Waals surface area contributed by atoms with Crippen LogP contribution in [0.5, 0.6) is 5.75 Å². The summed E-state index contributed by atoms with van der Waals surface area (Å²) >= 11 is 3.03. The monoisotopic (exact) mass is 451 g/mol. The van der Waals surface area contributed by atoms with Crippen molar-refractivity contribution >= 4 is 38.6 Å². The Morgan fingerprint density at radius 1 is 1.18 bits per heavy atom. The molecule has 1 aliphatic heterocycles. The van der Waals surface area contributed by atoms with Crippen molar-refractivity contribution in [1.82, 2.24) is 10.3 Å². The summed E-state index contributed by atoms with van der Waals surface area (Å²) in [5.74, 6) is -2.20. The molecule has 0 saturated heterocycles. The molecule has 1 aromatic heterocycles. The zero-order chi connectivity index (χ0) is 20.0. The van der Waals surface area contributed by atoms with Crippen molar-refractivity contribution in [3.8, 4) is 5.75 Å². The number of ether oxygens (including phenoxy) is 1. The highest BCUT2D eigenvalue weighted by Gasteiger charge is 2.29. The van der Waals surface area contributed by atoms with Gasteiger partial charge in [0.15, 0.2) is 11.6 Å². The molecular weight excluding hydrogens is 439 g/mol. The van der Waals surface area contributed by atoms with Gasteiger partial charge in [0, 0.05) is 39.8 Å². The van der Waals surface area contributed by atoms with Crippen molar-refractivity contribution in [2.24, 2.45) is 0 Å². The minimum absolute atomic E-state index is 0.0109. The molecule has 0 radical (unpaired) electrons. The molecule has 5 nitrogen and oxygen atoms in total. The Bertz CT molecular complexity index is 1100. The predicted octanol–water partition coefficient (Wildman–Crippen LogP) is 4.65. The number of nitrogens with one attached hydrogen (secondary N) is 1. The Morgan fingerprint density at radius 2 is 1.89 bits per heavy atom. The number of anilines is 1. The second kappa shape index (κ2) is 6.97. The van der Waals surface area contributed by atoms with E-state index in [9.17, 15) is 18.0 Å². The lowest BCUT2D eigenvalue weighted by atomic mass is 10.0. The van der Waals surface area contributed by atoms with E-state index in [0.717, 1.165) is 12.1 Å². The minimum atomic E-state index is -0.794. The number of fused-ring (bicyclic) bond motifs is 3. The third-order valence-electron chi connectivity index (χ3n) is 4.56. The number of nitrogens with zero attached hydrogens (tertiary/aromatic N) is 2. The van der Waals surface area contributed by atoms with Crippen molar-refractivity contribution in [1.29, 1.82) is 0 Å². The largest absolute Gasteiger partial charge is 0.494 e. The van der Waals surface area contributed by atoms with Crippen LogP contribution in [-0.2, 0) is 13.1 Å². The number of hydrogen-bond donors (Lipinski definition) is 1. The Balaban J connectivity index is 1.89. The van der Waals surface area contributed by atoms with E-state index in [4.69, 9.17) is 4.74 Å². The van der Waals surface area contributed by atoms with Crippen molar-refractivity contribution in [2.75, 3.05) is 12.0 Å². The lowest BCUT2D eigenvalue weighted by Crippen LogP contribution is -2.44. The summed E-state index contributed by atoms with van der Waals surface area (Å²) in [4.78, 5) is 18.0. The van der Waals surface area contributed by atoms with Crippen LogP contribution in [0.15, 0.2) is 34.9 Å². The van der Waals surface area contributed by atoms with Crippen molar-refractivity contribution < 1.29 is 22.7 Å². The van der Waals surface area contributed by atoms with E-state index in [0.29, 0.717) is 22.2 Å². The predicted molar refractivity (Wildman–Crippen MR) is 101 cm³/mol. The molecule has 0 atom stereocenters. The van der Waals surface area contributed by atoms with Gasteiger partial charge in [-0.25, -0.2) is 18.0 Å². The lowest BCUT2D eigenvalue weighted by Gasteiger charge is -2.31. The summed E-state index contributed by atoms with van der Waals surface area (Å²) in [6.07, 6.45) is 1.54. The van der Waals surface area contributed by atoms with E-state index in [1.807, 2.05) is 0 Å². The number of methoxy groups -OCH3 is 1. The molecule has 0 aliphatic carbocycles. The molecule has 2 heterocycles. The number of aromatic nitrogens is 1. The van der Waals surface area contributed by atoms with Crippen LogP contribution in [0.2, 0.25) is 0 Å². The number of halogens is 4. The van der Waals surface area contributed by atoms with Gasteiger partial charge < -0.3 is 10.1 Å². The van der Waals surface area contributed by atoms with Crippen LogP contribution in [0.25, 0.3) is 10.9 Å². The van der Waals surface area contributed by atoms with Crippen LogP contribution in [-0.4, -0.2) is 18.1 Å². The number of benzene rings is 2. The van der Waals surface area contributed by atoms with Crippen LogP contribution in [0.3, 0.4) is 0 Å². The summed E-state index contributed by atoms with van der Waals surface area (Å²) in [6, 6.07) is 4.32. The zero-order valence-corrected chi connectivity index (χ0v) is 16.1. The smallest absolute Gasteiger partial charge is 0.322 e. The van der Waals surface area contributed by atoms with E-state index in [1.165, 1.54) is 30.3 Å². The van der Waals surface area contributed by atoms with Crippen LogP contribution >= 0.6 is 15.9 Å². The van der Waals surface area contributed by atoms with Gasteiger partial charge in [-0.05, 0) is 18.2 Å². The van der Waals surface area contributed by atoms with Gasteiger partial charge in [0.25, 0.3) is 0 Å². The van der Waals surface area contributed by atoms with Crippen LogP contribution < -0.4 is 15.0 Å². The maximum Gasteiger partial charge on any atom is 0.322 e. The molecule has 9 heteroatoms. The molecule has 4 rings (SSSR count). The number of hydrogen-bond acceptors (Lipinski definition) is 3. The second-order valence-corrected chi connectivity index (χ2v) is 7.14. The topological polar surface area (TPSA) is 54.5 Å². The van der Waals surface area contributed by atoms with E-state index in [1.54, 1.807) is 0 Å². The first kappa shape index (κ1) is 18.5. The molecule has 0 saturated carbocycles. The van der Waals surface area contributed by atoms with Crippen molar-refractivity contribution in [3.05, 3.63) is 63.5 Å². The molecule has 144 valence electrons. The SMILES string of the molecule is COc1cc2ncc3c(c2cc1F)N(Cc1c(F)cc(Br)cc1F)C(=O)NC3. The Labute approximate surface area is 166 Å². The Morgan fingerprint density at radius 3 is 2.57 bits per heavy atom. The summed E-state index contributed by atoms with van der Waals surface area (Å²) < 4.78 is 48.2. The molecule has 1 N–H and O–H groups in total. The fourth-order valence-electron chi connectivity index (χ4n) is 3.23. The fourth-order valence-corrected chi connectivity index (χ4v) is 3.63. The first-order valence-electron chi connectivity index (χ1n) is 8.23. The van der Waals surface area contributed by atoms with E-state index in [-0.39, 0.29) is 28.9 Å². The number of rotatable bonds is 3. The van der Waals surface area contributed by atoms with Gasteiger partial charge in [0.05, 0.1) is 24.9 Å². The van der Waals surface area contributed by atoms with Crippen LogP contribution in [0, 0.1) is 17.5 Å². The first-order valence-corrected chi connectivity index (χ1v) is 9.02. The summed E-state index contributed by atoms with van der Waals surface area (Å²) in [7, 11) is 1.33. The van der Waals surface area contributed by atoms with Crippen LogP contribution in [0.4, 0.5) is 23.7 Å². The van der Waals surface area contributed by atoms with Gasteiger partial charge in [0.2, 0.25) is 0 Å². The average molecular weight is 452 g/mol. The summed E-state index contributed by atoms with van der Waals surface area (Å²) in [5.41, 5.74) is 1.09. The summed E-state index contributed by atoms with van der Waals surface area (Å²) in [6.45, 7) is -0.191. The molecule has 0 spiro atoms. The normalized spacial score (nSPS) is 13.5. The number of carbonyl (C=O) groups excluding carboxylic acids is 1. The molecule has 0 fully saturated rings. The highest BCUT2D eigenvalue weighted by molar-refractivity contribution is 9.10. The fraction of sp³-hybridized carbons (Fsp3) is 0.158. The quantitative estimate of drug-likeness (QED) is 0.630. The molecular formula is C19H13BrF3N3O2. The third-order valence-corrected chi connectivity index (χ3v) is 5.01. The van der Waals surface area contributed by atoms with Crippen molar-refractivity contribution in [3.63, 3.8) is 0 Å². The molecule has 3 aromatic rings. The van der Waals surface area contributed by atoms with Gasteiger partial charge in [-0.2, -0.15) is 0 Å². The molecule has 0 bridgehead atoms. The third kappa shape index (κ3) is 3.05. The van der Waals surface area contributed by atoms with Gasteiger partial charge in [-0.1, -0.05) is 15.9 Å². The molecule has 2 amide bonds. The van der Waals surface area contributed by atoms with Gasteiger partial charge in [-0.15, -0.1) is 0 Å². The van der Waals surface area contributed by atoms with E-state index < -0.39 is 23.5 Å². The maximum atomic E-state index is 14.3. The number of urea groups is 1. The average Bonchev–Trinajstić information content (AvgIpc) is 2.65. The maximum absolute atomic E-state index is 14.3. The van der Waals surface area contributed by atoms with Crippen molar-refractivity contribution in [2.45, 2.75) is 13.1 Å². The van der Waals surface area contributed by atoms with E-state index >= 15 is 0 Å². The highest BCUT2D eigenvalue weighted by Crippen LogP contribution is 2.36. The lowest BCUT2D eigenvalue weighted by molar-refractivity contribution is 0.244. The molecule has 0 unspecified atom stereocenters. The standard InChI is InChI=1S/C19H13BrF3N3O2/c1-28-17-5-16-11(4-15(17)23)18-9(6-24-16)7-25-19(27)26(18)8-12-13(21)2-10(20)3-14(12)22/h2-6H,7-8H2,1H3,(H,25,27). The zero-order valence-electron chi connectivity index (χ0n) is 14.5. The van der Waals surface area contributed by atoms with E-state index in [2.05, 4.69) is 26.2 Å². The number of pyridine rings is 1. The van der Waals surface area contributed by atoms with Crippen LogP contribution in [0.1, 0.15) is 11.1 Å². The molecule has 1 aliphatic rings. The summed E-state index contributed by atoms with van der Waals surface area (Å²) in [5, 5.41) is 2.99. The number of amides is 2. The Kier molecular flexibility index (Phi) is 4.62. The first-order chi connectivity index (χ1) is 13.4. The highest BCUT2D eigenvalue weighted by atomic mass is 79.9. The Hall–Kier alpha value is -2.81. The minimum Gasteiger partial charge on any atom is -0.494 e. The van der Waals surface area contributed by atoms with Gasteiger partial charge >= 0.3 is 6.03 Å².